The van der Waals surface area contributed by atoms with Crippen LogP contribution >= 0.6 is 0 Å². The Morgan fingerprint density at radius 2 is 2.33 bits per heavy atom. The molecular weight excluding hydrogens is 192 g/mol. The summed E-state index contributed by atoms with van der Waals surface area (Å²) in [5, 5.41) is 0. The second-order valence-electron chi connectivity index (χ2n) is 2.86. The molecule has 4 nitrogen and oxygen atoms in total. The first kappa shape index (κ1) is 11.4. The minimum atomic E-state index is 0.568. The van der Waals surface area contributed by atoms with Crippen molar-refractivity contribution in [2.75, 3.05) is 13.7 Å². The van der Waals surface area contributed by atoms with Gasteiger partial charge in [-0.3, -0.25) is 9.78 Å². The molecule has 0 aromatic carbocycles. The Morgan fingerprint density at radius 3 is 2.87 bits per heavy atom. The second-order valence-corrected chi connectivity index (χ2v) is 2.86. The molecule has 15 heavy (non-hydrogen) atoms. The number of nitrogens with zero attached hydrogens (tertiary/aromatic N) is 1. The Kier molecular flexibility index (Phi) is 4.50. The van der Waals surface area contributed by atoms with Crippen LogP contribution in [0.1, 0.15) is 17.4 Å². The fraction of sp³-hybridized carbons (Fsp3) is 0.273. The van der Waals surface area contributed by atoms with Gasteiger partial charge in [0.2, 0.25) is 0 Å². The van der Waals surface area contributed by atoms with E-state index in [9.17, 15) is 4.79 Å². The topological polar surface area (TPSA) is 55.0 Å². The van der Waals surface area contributed by atoms with E-state index in [0.717, 1.165) is 23.9 Å². The van der Waals surface area contributed by atoms with Gasteiger partial charge in [-0.25, -0.2) is 0 Å². The lowest BCUT2D eigenvalue weighted by Crippen LogP contribution is -1.74. The van der Waals surface area contributed by atoms with Gasteiger partial charge in [0.15, 0.2) is 6.29 Å². The number of fused-ring (bicyclic) bond motifs is 1. The van der Waals surface area contributed by atoms with Crippen LogP contribution in [0.5, 0.6) is 0 Å². The first-order valence-corrected chi connectivity index (χ1v) is 4.69. The van der Waals surface area contributed by atoms with Crippen molar-refractivity contribution >= 4 is 17.3 Å². The van der Waals surface area contributed by atoms with Crippen LogP contribution in [0.15, 0.2) is 24.4 Å². The predicted molar refractivity (Wildman–Crippen MR) is 59.0 cm³/mol. The van der Waals surface area contributed by atoms with Crippen LogP contribution in [-0.2, 0) is 4.74 Å². The first-order valence-electron chi connectivity index (χ1n) is 4.69. The number of aromatic nitrogens is 2. The molecular formula is C11H14N2O2. The maximum atomic E-state index is 10.3. The number of H-pyrrole nitrogens is 1. The van der Waals surface area contributed by atoms with E-state index < -0.39 is 0 Å². The molecule has 0 bridgehead atoms. The third kappa shape index (κ3) is 3.18. The van der Waals surface area contributed by atoms with Gasteiger partial charge in [-0.15, -0.1) is 0 Å². The smallest absolute Gasteiger partial charge is 0.166 e. The van der Waals surface area contributed by atoms with Crippen molar-refractivity contribution < 1.29 is 9.53 Å². The highest BCUT2D eigenvalue weighted by Crippen LogP contribution is 2.09. The van der Waals surface area contributed by atoms with Crippen molar-refractivity contribution in [2.24, 2.45) is 0 Å². The van der Waals surface area contributed by atoms with Crippen molar-refractivity contribution in [3.63, 3.8) is 0 Å². The number of carbonyl (C=O) groups excluding carboxylic acids is 1. The molecule has 0 saturated carbocycles. The Balaban J connectivity index is 0.000000245. The average molecular weight is 206 g/mol. The van der Waals surface area contributed by atoms with Crippen LogP contribution in [0.2, 0.25) is 0 Å². The molecule has 2 rings (SSSR count). The van der Waals surface area contributed by atoms with Crippen LogP contribution in [0.3, 0.4) is 0 Å². The molecule has 0 unspecified atom stereocenters. The summed E-state index contributed by atoms with van der Waals surface area (Å²) in [5.41, 5.74) is 2.29. The number of nitrogens with one attached hydrogen (secondary N) is 1. The van der Waals surface area contributed by atoms with Crippen LogP contribution in [0.25, 0.3) is 11.0 Å². The predicted octanol–water partition coefficient (Wildman–Crippen LogP) is 2.03. The van der Waals surface area contributed by atoms with E-state index in [2.05, 4.69) is 14.7 Å². The molecule has 1 N–H and O–H groups in total. The fourth-order valence-corrected chi connectivity index (χ4v) is 1.04. The third-order valence-electron chi connectivity index (χ3n) is 1.83. The molecule has 80 valence electrons. The third-order valence-corrected chi connectivity index (χ3v) is 1.83. The molecule has 0 aliphatic rings. The Hall–Kier alpha value is -1.68. The summed E-state index contributed by atoms with van der Waals surface area (Å²) in [5.74, 6) is 0. The molecule has 2 aromatic rings. The molecule has 0 spiro atoms. The Bertz CT molecular complexity index is 388. The summed E-state index contributed by atoms with van der Waals surface area (Å²) in [7, 11) is 1.68. The number of aromatic amines is 1. The molecule has 0 radical (unpaired) electrons. The average Bonchev–Trinajstić information content (AvgIpc) is 2.72. The molecule has 0 amide bonds. The van der Waals surface area contributed by atoms with Gasteiger partial charge in [0.05, 0.1) is 16.7 Å². The maximum Gasteiger partial charge on any atom is 0.166 e. The Morgan fingerprint density at radius 1 is 1.60 bits per heavy atom. The SMILES string of the molecule is CCOC.O=Cc1cc2ncccc2[nH]1. The molecule has 0 atom stereocenters. The van der Waals surface area contributed by atoms with Crippen molar-refractivity contribution in [3.05, 3.63) is 30.1 Å². The summed E-state index contributed by atoms with van der Waals surface area (Å²) < 4.78 is 4.54. The highest BCUT2D eigenvalue weighted by Gasteiger charge is 1.97. The summed E-state index contributed by atoms with van der Waals surface area (Å²) in [4.78, 5) is 17.3. The van der Waals surface area contributed by atoms with Gasteiger partial charge >= 0.3 is 0 Å². The van der Waals surface area contributed by atoms with Crippen molar-refractivity contribution in [2.45, 2.75) is 6.92 Å². The number of methoxy groups -OCH3 is 1. The van der Waals surface area contributed by atoms with Crippen LogP contribution < -0.4 is 0 Å². The highest BCUT2D eigenvalue weighted by atomic mass is 16.5. The lowest BCUT2D eigenvalue weighted by atomic mass is 10.4. The molecule has 4 heteroatoms. The largest absolute Gasteiger partial charge is 0.385 e. The van der Waals surface area contributed by atoms with E-state index >= 15 is 0 Å². The van der Waals surface area contributed by atoms with E-state index in [-0.39, 0.29) is 0 Å². The van der Waals surface area contributed by atoms with Gasteiger partial charge in [0.25, 0.3) is 0 Å². The van der Waals surface area contributed by atoms with Gasteiger partial charge in [-0.05, 0) is 25.1 Å². The summed E-state index contributed by atoms with van der Waals surface area (Å²) in [6.07, 6.45) is 2.48. The normalized spacial score (nSPS) is 9.47. The minimum absolute atomic E-state index is 0.568. The van der Waals surface area contributed by atoms with Gasteiger partial charge in [-0.1, -0.05) is 0 Å². The zero-order valence-corrected chi connectivity index (χ0v) is 8.86. The number of pyridine rings is 1. The van der Waals surface area contributed by atoms with Crippen LogP contribution in [0.4, 0.5) is 0 Å². The van der Waals surface area contributed by atoms with E-state index in [1.165, 1.54) is 0 Å². The number of carbonyl (C=O) groups is 1. The second kappa shape index (κ2) is 5.93. The van der Waals surface area contributed by atoms with E-state index in [1.807, 2.05) is 19.1 Å². The van der Waals surface area contributed by atoms with Crippen molar-refractivity contribution in [1.82, 2.24) is 9.97 Å². The van der Waals surface area contributed by atoms with Crippen LogP contribution in [-0.4, -0.2) is 30.0 Å². The molecule has 2 heterocycles. The molecule has 0 aliphatic heterocycles. The van der Waals surface area contributed by atoms with Gasteiger partial charge in [-0.2, -0.15) is 0 Å². The fourth-order valence-electron chi connectivity index (χ4n) is 1.04. The highest BCUT2D eigenvalue weighted by molar-refractivity contribution is 5.84. The minimum Gasteiger partial charge on any atom is -0.385 e. The van der Waals surface area contributed by atoms with Gasteiger partial charge in [0, 0.05) is 19.9 Å². The van der Waals surface area contributed by atoms with Crippen molar-refractivity contribution in [3.8, 4) is 0 Å². The molecule has 2 aromatic heterocycles. The summed E-state index contributed by atoms with van der Waals surface area (Å²) in [6.45, 7) is 2.78. The van der Waals surface area contributed by atoms with E-state index in [1.54, 1.807) is 19.4 Å². The standard InChI is InChI=1S/C8H6N2O.C3H8O/c11-5-6-4-8-7(10-6)2-1-3-9-8;1-3-4-2/h1-5,10H;3H2,1-2H3. The lowest BCUT2D eigenvalue weighted by Gasteiger charge is -1.82. The summed E-state index contributed by atoms with van der Waals surface area (Å²) >= 11 is 0. The number of hydrogen-bond acceptors (Lipinski definition) is 3. The Labute approximate surface area is 88.3 Å². The van der Waals surface area contributed by atoms with Gasteiger partial charge in [0.1, 0.15) is 0 Å². The molecule has 0 fully saturated rings. The molecule has 0 saturated heterocycles. The maximum absolute atomic E-state index is 10.3. The number of ether oxygens (including phenoxy) is 1. The number of hydrogen-bond donors (Lipinski definition) is 1. The monoisotopic (exact) mass is 206 g/mol. The first-order chi connectivity index (χ1) is 7.31. The summed E-state index contributed by atoms with van der Waals surface area (Å²) in [6, 6.07) is 5.44. The number of aldehydes is 1. The zero-order chi connectivity index (χ0) is 11.1. The zero-order valence-electron chi connectivity index (χ0n) is 8.86. The van der Waals surface area contributed by atoms with E-state index in [0.29, 0.717) is 5.69 Å². The van der Waals surface area contributed by atoms with Crippen LogP contribution in [0, 0.1) is 0 Å². The number of rotatable bonds is 2. The lowest BCUT2D eigenvalue weighted by molar-refractivity contribution is 0.112. The molecule has 0 aliphatic carbocycles. The van der Waals surface area contributed by atoms with E-state index in [4.69, 9.17) is 0 Å². The van der Waals surface area contributed by atoms with Crippen molar-refractivity contribution in [1.29, 1.82) is 0 Å². The quantitative estimate of drug-likeness (QED) is 0.765. The van der Waals surface area contributed by atoms with Gasteiger partial charge < -0.3 is 9.72 Å².